The van der Waals surface area contributed by atoms with Crippen LogP contribution in [-0.2, 0) is 6.54 Å². The van der Waals surface area contributed by atoms with E-state index in [1.54, 1.807) is 0 Å². The van der Waals surface area contributed by atoms with Crippen molar-refractivity contribution in [2.75, 3.05) is 7.05 Å². The first-order valence-electron chi connectivity index (χ1n) is 7.14. The Hall–Kier alpha value is -2.39. The zero-order valence-corrected chi connectivity index (χ0v) is 12.1. The Bertz CT molecular complexity index is 675. The molecule has 0 saturated carbocycles. The Morgan fingerprint density at radius 3 is 2.57 bits per heavy atom. The molecule has 106 valence electrons. The molecule has 21 heavy (non-hydrogen) atoms. The highest BCUT2D eigenvalue weighted by Gasteiger charge is 2.15. The van der Waals surface area contributed by atoms with Crippen LogP contribution in [0.3, 0.4) is 0 Å². The summed E-state index contributed by atoms with van der Waals surface area (Å²) in [6.45, 7) is 0.874. The minimum Gasteiger partial charge on any atom is -0.326 e. The van der Waals surface area contributed by atoms with Crippen LogP contribution in [0.25, 0.3) is 0 Å². The molecule has 1 N–H and O–H groups in total. The maximum atomic E-state index is 4.20. The lowest BCUT2D eigenvalue weighted by molar-refractivity contribution is 0.674. The van der Waals surface area contributed by atoms with Gasteiger partial charge in [-0.15, -0.1) is 0 Å². The fourth-order valence-corrected chi connectivity index (χ4v) is 2.67. The van der Waals surface area contributed by atoms with Gasteiger partial charge in [0.25, 0.3) is 0 Å². The van der Waals surface area contributed by atoms with Gasteiger partial charge < -0.3 is 9.88 Å². The number of aromatic nitrogens is 2. The normalized spacial score (nSPS) is 12.2. The van der Waals surface area contributed by atoms with Crippen molar-refractivity contribution in [3.63, 3.8) is 0 Å². The van der Waals surface area contributed by atoms with Crippen LogP contribution >= 0.6 is 0 Å². The number of imidazole rings is 1. The van der Waals surface area contributed by atoms with Crippen molar-refractivity contribution in [3.05, 3.63) is 90.0 Å². The van der Waals surface area contributed by atoms with Crippen molar-refractivity contribution in [2.45, 2.75) is 12.6 Å². The highest BCUT2D eigenvalue weighted by molar-refractivity contribution is 5.35. The number of nitrogens with one attached hydrogen (secondary N) is 1. The monoisotopic (exact) mass is 277 g/mol. The van der Waals surface area contributed by atoms with Gasteiger partial charge >= 0.3 is 0 Å². The fraction of sp³-hybridized carbons (Fsp3) is 0.167. The van der Waals surface area contributed by atoms with E-state index in [0.717, 1.165) is 6.54 Å². The fourth-order valence-electron chi connectivity index (χ4n) is 2.67. The first-order valence-corrected chi connectivity index (χ1v) is 7.14. The second kappa shape index (κ2) is 6.37. The first kappa shape index (κ1) is 13.6. The van der Waals surface area contributed by atoms with Gasteiger partial charge in [0.2, 0.25) is 0 Å². The van der Waals surface area contributed by atoms with Crippen molar-refractivity contribution >= 4 is 0 Å². The number of hydrogen-bond acceptors (Lipinski definition) is 2. The summed E-state index contributed by atoms with van der Waals surface area (Å²) >= 11 is 0. The van der Waals surface area contributed by atoms with Gasteiger partial charge in [-0.3, -0.25) is 0 Å². The van der Waals surface area contributed by atoms with Crippen molar-refractivity contribution < 1.29 is 0 Å². The second-order valence-corrected chi connectivity index (χ2v) is 5.10. The average Bonchev–Trinajstić information content (AvgIpc) is 3.03. The van der Waals surface area contributed by atoms with E-state index in [0.29, 0.717) is 0 Å². The summed E-state index contributed by atoms with van der Waals surface area (Å²) in [6.07, 6.45) is 5.72. The third-order valence-corrected chi connectivity index (χ3v) is 3.59. The largest absolute Gasteiger partial charge is 0.326 e. The lowest BCUT2D eigenvalue weighted by Crippen LogP contribution is -2.12. The molecule has 3 rings (SSSR count). The molecule has 0 aliphatic carbocycles. The van der Waals surface area contributed by atoms with E-state index in [4.69, 9.17) is 0 Å². The predicted octanol–water partition coefficient (Wildman–Crippen LogP) is 3.24. The molecule has 0 aliphatic rings. The van der Waals surface area contributed by atoms with Crippen LogP contribution in [0.1, 0.15) is 22.7 Å². The van der Waals surface area contributed by atoms with Gasteiger partial charge in [-0.2, -0.15) is 0 Å². The third kappa shape index (κ3) is 3.03. The summed E-state index contributed by atoms with van der Waals surface area (Å²) in [5.41, 5.74) is 3.82. The molecule has 1 atom stereocenters. The van der Waals surface area contributed by atoms with E-state index in [2.05, 4.69) is 63.4 Å². The molecule has 0 amide bonds. The zero-order chi connectivity index (χ0) is 14.5. The van der Waals surface area contributed by atoms with Crippen LogP contribution in [-0.4, -0.2) is 16.6 Å². The van der Waals surface area contributed by atoms with Crippen LogP contribution in [0.5, 0.6) is 0 Å². The molecule has 0 bridgehead atoms. The predicted molar refractivity (Wildman–Crippen MR) is 85.1 cm³/mol. The number of hydrogen-bond donors (Lipinski definition) is 1. The lowest BCUT2D eigenvalue weighted by Gasteiger charge is -2.20. The van der Waals surface area contributed by atoms with E-state index in [1.807, 2.05) is 31.8 Å². The third-order valence-electron chi connectivity index (χ3n) is 3.59. The zero-order valence-electron chi connectivity index (χ0n) is 12.1. The molecule has 3 nitrogen and oxygen atoms in total. The SMILES string of the molecule is CNCc1cccc(C(c2ccccc2)n2ccnc2)c1. The van der Waals surface area contributed by atoms with Crippen LogP contribution in [0.15, 0.2) is 73.3 Å². The molecule has 1 heterocycles. The van der Waals surface area contributed by atoms with Crippen LogP contribution in [0.2, 0.25) is 0 Å². The summed E-state index contributed by atoms with van der Waals surface area (Å²) < 4.78 is 2.15. The van der Waals surface area contributed by atoms with Crippen LogP contribution < -0.4 is 5.32 Å². The minimum atomic E-state index is 0.158. The van der Waals surface area contributed by atoms with E-state index in [9.17, 15) is 0 Å². The Labute approximate surface area is 125 Å². The summed E-state index contributed by atoms with van der Waals surface area (Å²) in [5, 5.41) is 3.21. The van der Waals surface area contributed by atoms with Gasteiger partial charge in [0.05, 0.1) is 12.4 Å². The van der Waals surface area contributed by atoms with Crippen LogP contribution in [0, 0.1) is 0 Å². The first-order chi connectivity index (χ1) is 10.4. The Kier molecular flexibility index (Phi) is 4.12. The molecule has 0 saturated heterocycles. The summed E-state index contributed by atoms with van der Waals surface area (Å²) in [5.74, 6) is 0. The van der Waals surface area contributed by atoms with Gasteiger partial charge in [0, 0.05) is 18.9 Å². The lowest BCUT2D eigenvalue weighted by atomic mass is 9.97. The summed E-state index contributed by atoms with van der Waals surface area (Å²) in [4.78, 5) is 4.20. The molecule has 3 heteroatoms. The van der Waals surface area contributed by atoms with Gasteiger partial charge in [0.15, 0.2) is 0 Å². The molecule has 2 aromatic carbocycles. The minimum absolute atomic E-state index is 0.158. The van der Waals surface area contributed by atoms with E-state index < -0.39 is 0 Å². The molecule has 3 aromatic rings. The molecular weight excluding hydrogens is 258 g/mol. The van der Waals surface area contributed by atoms with Crippen molar-refractivity contribution in [3.8, 4) is 0 Å². The number of nitrogens with zero attached hydrogens (tertiary/aromatic N) is 2. The molecule has 0 spiro atoms. The molecular formula is C18H19N3. The maximum absolute atomic E-state index is 4.20. The van der Waals surface area contributed by atoms with E-state index >= 15 is 0 Å². The van der Waals surface area contributed by atoms with Gasteiger partial charge in [-0.05, 0) is 23.7 Å². The van der Waals surface area contributed by atoms with Crippen molar-refractivity contribution in [1.82, 2.24) is 14.9 Å². The molecule has 0 aliphatic heterocycles. The van der Waals surface area contributed by atoms with Crippen molar-refractivity contribution in [1.29, 1.82) is 0 Å². The second-order valence-electron chi connectivity index (χ2n) is 5.10. The summed E-state index contributed by atoms with van der Waals surface area (Å²) in [7, 11) is 1.97. The Morgan fingerprint density at radius 1 is 1.05 bits per heavy atom. The van der Waals surface area contributed by atoms with E-state index in [-0.39, 0.29) is 6.04 Å². The summed E-state index contributed by atoms with van der Waals surface area (Å²) in [6, 6.07) is 19.4. The number of rotatable bonds is 5. The van der Waals surface area contributed by atoms with Crippen molar-refractivity contribution in [2.24, 2.45) is 0 Å². The quantitative estimate of drug-likeness (QED) is 0.776. The van der Waals surface area contributed by atoms with Gasteiger partial charge in [-0.1, -0.05) is 54.6 Å². The Morgan fingerprint density at radius 2 is 1.86 bits per heavy atom. The molecule has 0 fully saturated rings. The smallest absolute Gasteiger partial charge is 0.0954 e. The standard InChI is InChI=1S/C18H19N3/c1-19-13-15-6-5-9-17(12-15)18(21-11-10-20-14-21)16-7-3-2-4-8-16/h2-12,14,18-19H,13H2,1H3. The van der Waals surface area contributed by atoms with Crippen LogP contribution in [0.4, 0.5) is 0 Å². The molecule has 1 aromatic heterocycles. The molecule has 0 radical (unpaired) electrons. The topological polar surface area (TPSA) is 29.9 Å². The van der Waals surface area contributed by atoms with E-state index in [1.165, 1.54) is 16.7 Å². The highest BCUT2D eigenvalue weighted by Crippen LogP contribution is 2.26. The highest BCUT2D eigenvalue weighted by atomic mass is 15.0. The Balaban J connectivity index is 2.06. The van der Waals surface area contributed by atoms with Gasteiger partial charge in [-0.25, -0.2) is 4.98 Å². The molecule has 1 unspecified atom stereocenters. The average molecular weight is 277 g/mol. The van der Waals surface area contributed by atoms with Gasteiger partial charge in [0.1, 0.15) is 0 Å². The number of benzene rings is 2. The maximum Gasteiger partial charge on any atom is 0.0954 e.